The van der Waals surface area contributed by atoms with Crippen molar-refractivity contribution in [1.29, 1.82) is 0 Å². The molecule has 0 bridgehead atoms. The summed E-state index contributed by atoms with van der Waals surface area (Å²) in [5.74, 6) is 0.346. The predicted molar refractivity (Wildman–Crippen MR) is 91.1 cm³/mol. The fourth-order valence-electron chi connectivity index (χ4n) is 2.88. The second-order valence-corrected chi connectivity index (χ2v) is 5.64. The van der Waals surface area contributed by atoms with Crippen LogP contribution < -0.4 is 4.74 Å². The largest absolute Gasteiger partial charge is 0.477 e. The average molecular weight is 326 g/mol. The van der Waals surface area contributed by atoms with Crippen LogP contribution in [0.25, 0.3) is 0 Å². The Morgan fingerprint density at radius 1 is 1.25 bits per heavy atom. The third-order valence-electron chi connectivity index (χ3n) is 4.08. The van der Waals surface area contributed by atoms with E-state index in [1.165, 1.54) is 0 Å². The number of hydrogen-bond acceptors (Lipinski definition) is 4. The molecule has 0 unspecified atom stereocenters. The Kier molecular flexibility index (Phi) is 5.43. The smallest absolute Gasteiger partial charge is 0.259 e. The first-order valence-electron chi connectivity index (χ1n) is 8.33. The van der Waals surface area contributed by atoms with E-state index >= 15 is 0 Å². The standard InChI is InChI=1S/C19H22N2O3/c1-2-23-18-16(9-6-11-20-18)19(22)21-12-10-17(24-14-13-21)15-7-4-3-5-8-15/h3-9,11,17H,2,10,12-14H2,1H3/t17-/m0/s1. The van der Waals surface area contributed by atoms with E-state index in [0.717, 1.165) is 12.0 Å². The number of carbonyl (C=O) groups is 1. The molecule has 126 valence electrons. The summed E-state index contributed by atoms with van der Waals surface area (Å²) in [7, 11) is 0. The lowest BCUT2D eigenvalue weighted by Gasteiger charge is -2.20. The monoisotopic (exact) mass is 326 g/mol. The molecule has 1 fully saturated rings. The molecule has 0 spiro atoms. The first-order valence-corrected chi connectivity index (χ1v) is 8.33. The number of pyridine rings is 1. The van der Waals surface area contributed by atoms with Gasteiger partial charge in [0.15, 0.2) is 0 Å². The minimum absolute atomic E-state index is 0.0317. The summed E-state index contributed by atoms with van der Waals surface area (Å²) in [6, 6.07) is 13.7. The molecule has 5 heteroatoms. The maximum atomic E-state index is 12.8. The zero-order chi connectivity index (χ0) is 16.8. The number of aromatic nitrogens is 1. The minimum Gasteiger partial charge on any atom is -0.477 e. The number of carbonyl (C=O) groups excluding carboxylic acids is 1. The molecule has 0 N–H and O–H groups in total. The van der Waals surface area contributed by atoms with E-state index in [0.29, 0.717) is 37.7 Å². The molecule has 2 heterocycles. The van der Waals surface area contributed by atoms with E-state index in [1.807, 2.05) is 30.0 Å². The number of nitrogens with zero attached hydrogens (tertiary/aromatic N) is 2. The van der Waals surface area contributed by atoms with Crippen molar-refractivity contribution in [2.45, 2.75) is 19.4 Å². The van der Waals surface area contributed by atoms with E-state index in [1.54, 1.807) is 18.3 Å². The molecule has 5 nitrogen and oxygen atoms in total. The Labute approximate surface area is 142 Å². The van der Waals surface area contributed by atoms with Gasteiger partial charge >= 0.3 is 0 Å². The van der Waals surface area contributed by atoms with Crippen molar-refractivity contribution in [3.63, 3.8) is 0 Å². The summed E-state index contributed by atoms with van der Waals surface area (Å²) in [6.45, 7) is 4.11. The maximum absolute atomic E-state index is 12.8. The zero-order valence-electron chi connectivity index (χ0n) is 13.9. The highest BCUT2D eigenvalue weighted by atomic mass is 16.5. The molecule has 1 amide bonds. The van der Waals surface area contributed by atoms with Gasteiger partial charge in [-0.25, -0.2) is 4.98 Å². The highest BCUT2D eigenvalue weighted by molar-refractivity contribution is 5.96. The fraction of sp³-hybridized carbons (Fsp3) is 0.368. The molecule has 0 aliphatic carbocycles. The predicted octanol–water partition coefficient (Wildman–Crippen LogP) is 3.08. The molecule has 1 aliphatic heterocycles. The number of hydrogen-bond donors (Lipinski definition) is 0. The number of benzene rings is 1. The second kappa shape index (κ2) is 7.93. The number of rotatable bonds is 4. The normalized spacial score (nSPS) is 18.0. The highest BCUT2D eigenvalue weighted by Gasteiger charge is 2.25. The van der Waals surface area contributed by atoms with Crippen LogP contribution in [0.2, 0.25) is 0 Å². The van der Waals surface area contributed by atoms with Crippen molar-refractivity contribution in [3.8, 4) is 5.88 Å². The summed E-state index contributed by atoms with van der Waals surface area (Å²) in [5, 5.41) is 0. The Morgan fingerprint density at radius 3 is 2.88 bits per heavy atom. The lowest BCUT2D eigenvalue weighted by molar-refractivity contribution is 0.0584. The van der Waals surface area contributed by atoms with Crippen molar-refractivity contribution in [2.75, 3.05) is 26.3 Å². The van der Waals surface area contributed by atoms with Crippen LogP contribution in [0.5, 0.6) is 5.88 Å². The first-order chi connectivity index (χ1) is 11.8. The lowest BCUT2D eigenvalue weighted by atomic mass is 10.1. The fourth-order valence-corrected chi connectivity index (χ4v) is 2.88. The summed E-state index contributed by atoms with van der Waals surface area (Å²) >= 11 is 0. The van der Waals surface area contributed by atoms with Crippen LogP contribution in [0, 0.1) is 0 Å². The Morgan fingerprint density at radius 2 is 2.08 bits per heavy atom. The van der Waals surface area contributed by atoms with Gasteiger partial charge in [0.1, 0.15) is 5.56 Å². The maximum Gasteiger partial charge on any atom is 0.259 e. The molecule has 1 aromatic heterocycles. The van der Waals surface area contributed by atoms with Crippen molar-refractivity contribution < 1.29 is 14.3 Å². The molecule has 0 saturated carbocycles. The van der Waals surface area contributed by atoms with Gasteiger partial charge in [-0.3, -0.25) is 4.79 Å². The van der Waals surface area contributed by atoms with Crippen molar-refractivity contribution >= 4 is 5.91 Å². The van der Waals surface area contributed by atoms with Crippen LogP contribution >= 0.6 is 0 Å². The van der Waals surface area contributed by atoms with Gasteiger partial charge in [-0.15, -0.1) is 0 Å². The first kappa shape index (κ1) is 16.5. The van der Waals surface area contributed by atoms with Gasteiger partial charge in [-0.05, 0) is 31.0 Å². The molecule has 1 atom stereocenters. The van der Waals surface area contributed by atoms with Gasteiger partial charge in [0.2, 0.25) is 5.88 Å². The summed E-state index contributed by atoms with van der Waals surface area (Å²) in [4.78, 5) is 18.8. The van der Waals surface area contributed by atoms with Crippen molar-refractivity contribution in [2.24, 2.45) is 0 Å². The number of amides is 1. The van der Waals surface area contributed by atoms with E-state index < -0.39 is 0 Å². The van der Waals surface area contributed by atoms with E-state index in [9.17, 15) is 4.79 Å². The van der Waals surface area contributed by atoms with Crippen molar-refractivity contribution in [3.05, 3.63) is 59.8 Å². The Hall–Kier alpha value is -2.40. The quantitative estimate of drug-likeness (QED) is 0.866. The molecular formula is C19H22N2O3. The van der Waals surface area contributed by atoms with Gasteiger partial charge in [0.25, 0.3) is 5.91 Å². The molecule has 24 heavy (non-hydrogen) atoms. The number of ether oxygens (including phenoxy) is 2. The van der Waals surface area contributed by atoms with Crippen LogP contribution in [-0.2, 0) is 4.74 Å². The minimum atomic E-state index is -0.0520. The topological polar surface area (TPSA) is 51.7 Å². The van der Waals surface area contributed by atoms with Crippen molar-refractivity contribution in [1.82, 2.24) is 9.88 Å². The van der Waals surface area contributed by atoms with Crippen LogP contribution in [0.4, 0.5) is 0 Å². The lowest BCUT2D eigenvalue weighted by Crippen LogP contribution is -2.33. The van der Waals surface area contributed by atoms with Crippen LogP contribution in [-0.4, -0.2) is 42.1 Å². The van der Waals surface area contributed by atoms with E-state index in [-0.39, 0.29) is 12.0 Å². The molecule has 1 saturated heterocycles. The molecular weight excluding hydrogens is 304 g/mol. The second-order valence-electron chi connectivity index (χ2n) is 5.64. The van der Waals surface area contributed by atoms with Gasteiger partial charge in [0, 0.05) is 19.3 Å². The molecule has 2 aromatic rings. The molecule has 0 radical (unpaired) electrons. The summed E-state index contributed by atoms with van der Waals surface area (Å²) in [5.41, 5.74) is 1.67. The third-order valence-corrected chi connectivity index (χ3v) is 4.08. The van der Waals surface area contributed by atoms with E-state index in [2.05, 4.69) is 17.1 Å². The van der Waals surface area contributed by atoms with Crippen LogP contribution in [0.1, 0.15) is 35.4 Å². The van der Waals surface area contributed by atoms with Crippen LogP contribution in [0.3, 0.4) is 0 Å². The highest BCUT2D eigenvalue weighted by Crippen LogP contribution is 2.25. The summed E-state index contributed by atoms with van der Waals surface area (Å²) in [6.07, 6.45) is 2.45. The Balaban J connectivity index is 1.71. The van der Waals surface area contributed by atoms with E-state index in [4.69, 9.17) is 9.47 Å². The zero-order valence-corrected chi connectivity index (χ0v) is 13.9. The third kappa shape index (κ3) is 3.74. The molecule has 3 rings (SSSR count). The van der Waals surface area contributed by atoms with Gasteiger partial charge in [0.05, 0.1) is 19.3 Å². The van der Waals surface area contributed by atoms with Gasteiger partial charge in [-0.2, -0.15) is 0 Å². The SMILES string of the molecule is CCOc1ncccc1C(=O)N1CCO[C@H](c2ccccc2)CC1. The van der Waals surface area contributed by atoms with Gasteiger partial charge in [-0.1, -0.05) is 30.3 Å². The van der Waals surface area contributed by atoms with Gasteiger partial charge < -0.3 is 14.4 Å². The molecule has 1 aliphatic rings. The molecule has 1 aromatic carbocycles. The van der Waals surface area contributed by atoms with Crippen LogP contribution in [0.15, 0.2) is 48.7 Å². The average Bonchev–Trinajstić information content (AvgIpc) is 2.89. The Bertz CT molecular complexity index is 675. The summed E-state index contributed by atoms with van der Waals surface area (Å²) < 4.78 is 11.4.